The number of ether oxygens (including phenoxy) is 3. The first-order chi connectivity index (χ1) is 15.6. The van der Waals surface area contributed by atoms with Crippen LogP contribution in [0.2, 0.25) is 0 Å². The molecule has 0 bridgehead atoms. The fourth-order valence-corrected chi connectivity index (χ4v) is 4.92. The lowest BCUT2D eigenvalue weighted by molar-refractivity contribution is 0.0563. The van der Waals surface area contributed by atoms with Crippen LogP contribution in [0.4, 0.5) is 0 Å². The molecule has 1 aromatic carbocycles. The van der Waals surface area contributed by atoms with Crippen LogP contribution in [0.3, 0.4) is 0 Å². The summed E-state index contributed by atoms with van der Waals surface area (Å²) in [7, 11) is 4.58. The second kappa shape index (κ2) is 10.1. The molecular formula is C23H27N3O5S. The number of carbonyl (C=O) groups is 1. The minimum Gasteiger partial charge on any atom is -0.493 e. The third kappa shape index (κ3) is 4.62. The van der Waals surface area contributed by atoms with E-state index in [0.29, 0.717) is 29.1 Å². The van der Waals surface area contributed by atoms with Gasteiger partial charge in [-0.1, -0.05) is 31.0 Å². The fourth-order valence-electron chi connectivity index (χ4n) is 4.02. The number of carbonyl (C=O) groups excluding carboxylic acids is 1. The number of furan rings is 1. The SMILES string of the molecule is COC(=O)c1ccc(CSc2nnc(-c3ccc(OC)c(OC)c3)n2C2CCCCC2)o1. The highest BCUT2D eigenvalue weighted by atomic mass is 32.2. The summed E-state index contributed by atoms with van der Waals surface area (Å²) >= 11 is 1.55. The standard InChI is InChI=1S/C23H27N3O5S/c1-28-18-11-9-15(13-20(18)29-2)21-24-25-23(26(21)16-7-5-4-6-8-16)32-14-17-10-12-19(31-17)22(27)30-3/h9-13,16H,4-8,14H2,1-3H3. The van der Waals surface area contributed by atoms with Crippen molar-refractivity contribution in [1.82, 2.24) is 14.8 Å². The van der Waals surface area contributed by atoms with Crippen molar-refractivity contribution in [2.45, 2.75) is 49.1 Å². The smallest absolute Gasteiger partial charge is 0.373 e. The van der Waals surface area contributed by atoms with Gasteiger partial charge in [0.1, 0.15) is 5.76 Å². The van der Waals surface area contributed by atoms with E-state index >= 15 is 0 Å². The number of hydrogen-bond acceptors (Lipinski definition) is 8. The first kappa shape index (κ1) is 22.3. The summed E-state index contributed by atoms with van der Waals surface area (Å²) in [4.78, 5) is 11.7. The Morgan fingerprint density at radius 1 is 1.06 bits per heavy atom. The molecule has 0 aliphatic heterocycles. The zero-order chi connectivity index (χ0) is 22.5. The molecule has 3 aromatic rings. The average molecular weight is 458 g/mol. The maximum Gasteiger partial charge on any atom is 0.373 e. The van der Waals surface area contributed by atoms with Crippen LogP contribution < -0.4 is 9.47 Å². The Hall–Kier alpha value is -2.94. The van der Waals surface area contributed by atoms with E-state index in [0.717, 1.165) is 29.4 Å². The number of nitrogens with zero attached hydrogens (tertiary/aromatic N) is 3. The first-order valence-corrected chi connectivity index (χ1v) is 11.6. The van der Waals surface area contributed by atoms with Crippen molar-refractivity contribution in [1.29, 1.82) is 0 Å². The van der Waals surface area contributed by atoms with Gasteiger partial charge in [-0.3, -0.25) is 4.57 Å². The molecule has 0 unspecified atom stereocenters. The lowest BCUT2D eigenvalue weighted by atomic mass is 9.95. The molecule has 0 N–H and O–H groups in total. The molecule has 1 saturated carbocycles. The average Bonchev–Trinajstić information content (AvgIpc) is 3.49. The van der Waals surface area contributed by atoms with Crippen molar-refractivity contribution >= 4 is 17.7 Å². The van der Waals surface area contributed by atoms with Crippen molar-refractivity contribution in [2.75, 3.05) is 21.3 Å². The van der Waals surface area contributed by atoms with Gasteiger partial charge in [-0.2, -0.15) is 0 Å². The van der Waals surface area contributed by atoms with Crippen molar-refractivity contribution < 1.29 is 23.4 Å². The summed E-state index contributed by atoms with van der Waals surface area (Å²) < 4.78 is 23.4. The molecule has 4 rings (SSSR count). The fraction of sp³-hybridized carbons (Fsp3) is 0.435. The highest BCUT2D eigenvalue weighted by molar-refractivity contribution is 7.98. The lowest BCUT2D eigenvalue weighted by Gasteiger charge is -2.25. The Balaban J connectivity index is 1.63. The van der Waals surface area contributed by atoms with Crippen LogP contribution >= 0.6 is 11.8 Å². The van der Waals surface area contributed by atoms with Gasteiger partial charge in [0.05, 0.1) is 27.1 Å². The summed E-state index contributed by atoms with van der Waals surface area (Å²) in [6, 6.07) is 9.56. The third-order valence-electron chi connectivity index (χ3n) is 5.64. The second-order valence-electron chi connectivity index (χ2n) is 7.58. The monoisotopic (exact) mass is 457 g/mol. The van der Waals surface area contributed by atoms with Crippen LogP contribution in [-0.4, -0.2) is 42.1 Å². The molecule has 0 saturated heterocycles. The number of aromatic nitrogens is 3. The first-order valence-electron chi connectivity index (χ1n) is 10.6. The van der Waals surface area contributed by atoms with E-state index < -0.39 is 5.97 Å². The van der Waals surface area contributed by atoms with E-state index in [2.05, 4.69) is 14.8 Å². The molecule has 0 atom stereocenters. The topological polar surface area (TPSA) is 88.6 Å². The molecule has 1 aliphatic carbocycles. The Morgan fingerprint density at radius 2 is 1.84 bits per heavy atom. The lowest BCUT2D eigenvalue weighted by Crippen LogP contribution is -2.15. The maximum atomic E-state index is 11.7. The zero-order valence-electron chi connectivity index (χ0n) is 18.5. The van der Waals surface area contributed by atoms with Gasteiger partial charge in [-0.25, -0.2) is 4.79 Å². The maximum absolute atomic E-state index is 11.7. The van der Waals surface area contributed by atoms with Crippen LogP contribution in [0.1, 0.15) is 54.5 Å². The van der Waals surface area contributed by atoms with Gasteiger partial charge in [0.25, 0.3) is 0 Å². The molecule has 0 radical (unpaired) electrons. The van der Waals surface area contributed by atoms with Gasteiger partial charge in [-0.15, -0.1) is 10.2 Å². The van der Waals surface area contributed by atoms with Crippen molar-refractivity contribution in [3.05, 3.63) is 41.9 Å². The van der Waals surface area contributed by atoms with Crippen LogP contribution in [-0.2, 0) is 10.5 Å². The Labute approximate surface area is 191 Å². The summed E-state index contributed by atoms with van der Waals surface area (Å²) in [5.41, 5.74) is 0.929. The van der Waals surface area contributed by atoms with Gasteiger partial charge in [0.15, 0.2) is 22.5 Å². The number of benzene rings is 1. The highest BCUT2D eigenvalue weighted by Gasteiger charge is 2.25. The van der Waals surface area contributed by atoms with Crippen LogP contribution in [0.25, 0.3) is 11.4 Å². The Morgan fingerprint density at radius 3 is 2.56 bits per heavy atom. The Bertz CT molecular complexity index is 1070. The summed E-state index contributed by atoms with van der Waals surface area (Å²) in [6.07, 6.45) is 5.84. The normalized spacial score (nSPS) is 14.3. The molecule has 0 spiro atoms. The predicted molar refractivity (Wildman–Crippen MR) is 120 cm³/mol. The minimum absolute atomic E-state index is 0.197. The van der Waals surface area contributed by atoms with E-state index in [1.165, 1.54) is 26.4 Å². The largest absolute Gasteiger partial charge is 0.493 e. The van der Waals surface area contributed by atoms with E-state index in [1.54, 1.807) is 38.1 Å². The minimum atomic E-state index is -0.484. The molecule has 2 heterocycles. The molecule has 1 fully saturated rings. The van der Waals surface area contributed by atoms with E-state index in [4.69, 9.17) is 18.6 Å². The van der Waals surface area contributed by atoms with E-state index in [1.807, 2.05) is 18.2 Å². The van der Waals surface area contributed by atoms with Gasteiger partial charge < -0.3 is 18.6 Å². The molecule has 170 valence electrons. The van der Waals surface area contributed by atoms with Crippen molar-refractivity contribution in [3.63, 3.8) is 0 Å². The number of rotatable bonds is 8. The van der Waals surface area contributed by atoms with E-state index in [-0.39, 0.29) is 5.76 Å². The van der Waals surface area contributed by atoms with Gasteiger partial charge in [-0.05, 0) is 43.2 Å². The highest BCUT2D eigenvalue weighted by Crippen LogP contribution is 2.38. The third-order valence-corrected chi connectivity index (χ3v) is 6.60. The van der Waals surface area contributed by atoms with Crippen molar-refractivity contribution in [2.24, 2.45) is 0 Å². The molecule has 8 nitrogen and oxygen atoms in total. The summed E-state index contributed by atoms with van der Waals surface area (Å²) in [5, 5.41) is 9.88. The zero-order valence-corrected chi connectivity index (χ0v) is 19.3. The van der Waals surface area contributed by atoms with Crippen LogP contribution in [0.5, 0.6) is 11.5 Å². The summed E-state index contributed by atoms with van der Waals surface area (Å²) in [6.45, 7) is 0. The molecule has 2 aromatic heterocycles. The number of hydrogen-bond donors (Lipinski definition) is 0. The number of methoxy groups -OCH3 is 3. The van der Waals surface area contributed by atoms with Crippen LogP contribution in [0, 0.1) is 0 Å². The van der Waals surface area contributed by atoms with Crippen LogP contribution in [0.15, 0.2) is 39.9 Å². The molecular weight excluding hydrogens is 430 g/mol. The van der Waals surface area contributed by atoms with Gasteiger partial charge in [0, 0.05) is 11.6 Å². The van der Waals surface area contributed by atoms with Gasteiger partial charge >= 0.3 is 5.97 Å². The number of thioether (sulfide) groups is 1. The molecule has 0 amide bonds. The summed E-state index contributed by atoms with van der Waals surface area (Å²) in [5.74, 6) is 3.08. The van der Waals surface area contributed by atoms with Gasteiger partial charge in [0.2, 0.25) is 5.76 Å². The molecule has 32 heavy (non-hydrogen) atoms. The predicted octanol–water partition coefficient (Wildman–Crippen LogP) is 5.14. The number of esters is 1. The van der Waals surface area contributed by atoms with Crippen molar-refractivity contribution in [3.8, 4) is 22.9 Å². The molecule has 9 heteroatoms. The second-order valence-corrected chi connectivity index (χ2v) is 8.53. The van der Waals surface area contributed by atoms with E-state index in [9.17, 15) is 4.79 Å². The molecule has 1 aliphatic rings. The quantitative estimate of drug-likeness (QED) is 0.339. The Kier molecular flexibility index (Phi) is 7.04.